The molecule has 1 saturated carbocycles. The molecule has 1 aliphatic carbocycles. The molecule has 1 aliphatic rings. The largest absolute Gasteiger partial charge is 0.444 e. The van der Waals surface area contributed by atoms with Crippen LogP contribution in [0.15, 0.2) is 0 Å². The van der Waals surface area contributed by atoms with Gasteiger partial charge in [0.15, 0.2) is 0 Å². The summed E-state index contributed by atoms with van der Waals surface area (Å²) >= 11 is 0. The molecule has 0 bridgehead atoms. The van der Waals surface area contributed by atoms with E-state index >= 15 is 0 Å². The minimum atomic E-state index is -0.495. The van der Waals surface area contributed by atoms with Gasteiger partial charge in [0.25, 0.3) is 0 Å². The van der Waals surface area contributed by atoms with Gasteiger partial charge in [0, 0.05) is 19.0 Å². The summed E-state index contributed by atoms with van der Waals surface area (Å²) in [6.07, 6.45) is 4.17. The van der Waals surface area contributed by atoms with Crippen molar-refractivity contribution in [2.45, 2.75) is 85.3 Å². The first-order chi connectivity index (χ1) is 11.1. The average molecular weight is 341 g/mol. The fourth-order valence-corrected chi connectivity index (χ4v) is 3.40. The van der Waals surface area contributed by atoms with E-state index in [-0.39, 0.29) is 5.91 Å². The van der Waals surface area contributed by atoms with E-state index in [1.807, 2.05) is 20.8 Å². The third-order valence-electron chi connectivity index (χ3n) is 4.62. The maximum Gasteiger partial charge on any atom is 0.407 e. The van der Waals surface area contributed by atoms with Gasteiger partial charge in [-0.1, -0.05) is 27.2 Å². The Morgan fingerprint density at radius 2 is 1.88 bits per heavy atom. The number of rotatable bonds is 6. The predicted octanol–water partition coefficient (Wildman–Crippen LogP) is 3.87. The number of alkyl carbamates (subject to hydrolysis) is 1. The van der Waals surface area contributed by atoms with Crippen LogP contribution in [0, 0.1) is 17.8 Å². The number of nitrogens with one attached hydrogen (secondary N) is 2. The van der Waals surface area contributed by atoms with Gasteiger partial charge < -0.3 is 15.4 Å². The van der Waals surface area contributed by atoms with Gasteiger partial charge in [-0.15, -0.1) is 0 Å². The highest BCUT2D eigenvalue weighted by Crippen LogP contribution is 2.33. The average Bonchev–Trinajstić information content (AvgIpc) is 2.41. The summed E-state index contributed by atoms with van der Waals surface area (Å²) in [6, 6.07) is 0.292. The molecule has 0 saturated heterocycles. The first-order valence-electron chi connectivity index (χ1n) is 9.34. The van der Waals surface area contributed by atoms with Crippen molar-refractivity contribution < 1.29 is 14.3 Å². The number of carbonyl (C=O) groups is 2. The summed E-state index contributed by atoms with van der Waals surface area (Å²) < 4.78 is 5.17. The standard InChI is InChI=1S/C19H36N2O3/c1-13(2)15-10-9-14(3)12-16(15)21-17(22)8-7-11-20-18(23)24-19(4,5)6/h13-16H,7-12H2,1-6H3,(H,20,23)(H,21,22). The van der Waals surface area contributed by atoms with Crippen LogP contribution in [0.4, 0.5) is 4.79 Å². The molecule has 2 amide bonds. The van der Waals surface area contributed by atoms with E-state index in [9.17, 15) is 9.59 Å². The molecular weight excluding hydrogens is 304 g/mol. The Balaban J connectivity index is 2.28. The lowest BCUT2D eigenvalue weighted by Crippen LogP contribution is -2.45. The van der Waals surface area contributed by atoms with E-state index in [0.29, 0.717) is 43.2 Å². The molecule has 140 valence electrons. The van der Waals surface area contributed by atoms with E-state index in [1.54, 1.807) is 0 Å². The van der Waals surface area contributed by atoms with Crippen molar-refractivity contribution in [3.05, 3.63) is 0 Å². The van der Waals surface area contributed by atoms with Crippen LogP contribution in [0.2, 0.25) is 0 Å². The van der Waals surface area contributed by atoms with E-state index in [4.69, 9.17) is 4.74 Å². The van der Waals surface area contributed by atoms with Crippen molar-refractivity contribution in [2.75, 3.05) is 6.54 Å². The van der Waals surface area contributed by atoms with Crippen molar-refractivity contribution >= 4 is 12.0 Å². The Morgan fingerprint density at radius 1 is 1.21 bits per heavy atom. The third-order valence-corrected chi connectivity index (χ3v) is 4.62. The summed E-state index contributed by atoms with van der Waals surface area (Å²) in [5.41, 5.74) is -0.495. The maximum atomic E-state index is 12.2. The zero-order valence-corrected chi connectivity index (χ0v) is 16.3. The van der Waals surface area contributed by atoms with Gasteiger partial charge in [-0.2, -0.15) is 0 Å². The van der Waals surface area contributed by atoms with Crippen molar-refractivity contribution in [1.29, 1.82) is 0 Å². The molecule has 5 heteroatoms. The van der Waals surface area contributed by atoms with Gasteiger partial charge in [-0.25, -0.2) is 4.79 Å². The van der Waals surface area contributed by atoms with Crippen molar-refractivity contribution in [3.63, 3.8) is 0 Å². The number of ether oxygens (including phenoxy) is 1. The number of hydrogen-bond donors (Lipinski definition) is 2. The highest BCUT2D eigenvalue weighted by Gasteiger charge is 2.31. The Morgan fingerprint density at radius 3 is 2.46 bits per heavy atom. The van der Waals surface area contributed by atoms with Crippen molar-refractivity contribution in [3.8, 4) is 0 Å². The molecule has 0 radical (unpaired) electrons. The molecule has 0 heterocycles. The molecule has 2 N–H and O–H groups in total. The SMILES string of the molecule is CC1CCC(C(C)C)C(NC(=O)CCCNC(=O)OC(C)(C)C)C1. The van der Waals surface area contributed by atoms with E-state index < -0.39 is 11.7 Å². The third kappa shape index (κ3) is 8.02. The number of amides is 2. The molecule has 3 unspecified atom stereocenters. The van der Waals surface area contributed by atoms with E-state index in [2.05, 4.69) is 31.4 Å². The van der Waals surface area contributed by atoms with Gasteiger partial charge >= 0.3 is 6.09 Å². The molecular formula is C19H36N2O3. The lowest BCUT2D eigenvalue weighted by Gasteiger charge is -2.37. The molecule has 1 rings (SSSR count). The lowest BCUT2D eigenvalue weighted by molar-refractivity contribution is -0.122. The zero-order valence-electron chi connectivity index (χ0n) is 16.3. The highest BCUT2D eigenvalue weighted by atomic mass is 16.6. The van der Waals surface area contributed by atoms with Crippen LogP contribution >= 0.6 is 0 Å². The monoisotopic (exact) mass is 340 g/mol. The Labute approximate surface area is 147 Å². The second kappa shape index (κ2) is 9.28. The van der Waals surface area contributed by atoms with Gasteiger partial charge in [0.1, 0.15) is 5.60 Å². The molecule has 0 aromatic heterocycles. The van der Waals surface area contributed by atoms with Crippen molar-refractivity contribution in [1.82, 2.24) is 10.6 Å². The van der Waals surface area contributed by atoms with Crippen LogP contribution in [-0.4, -0.2) is 30.2 Å². The van der Waals surface area contributed by atoms with Crippen LogP contribution in [0.1, 0.15) is 73.6 Å². The maximum absolute atomic E-state index is 12.2. The van der Waals surface area contributed by atoms with Gasteiger partial charge in [-0.3, -0.25) is 4.79 Å². The second-order valence-corrected chi connectivity index (χ2v) is 8.53. The fraction of sp³-hybridized carbons (Fsp3) is 0.895. The van der Waals surface area contributed by atoms with E-state index in [1.165, 1.54) is 12.8 Å². The van der Waals surface area contributed by atoms with Crippen LogP contribution < -0.4 is 10.6 Å². The Hall–Kier alpha value is -1.26. The second-order valence-electron chi connectivity index (χ2n) is 8.53. The summed E-state index contributed by atoms with van der Waals surface area (Å²) in [7, 11) is 0. The first-order valence-corrected chi connectivity index (χ1v) is 9.34. The predicted molar refractivity (Wildman–Crippen MR) is 96.7 cm³/mol. The minimum Gasteiger partial charge on any atom is -0.444 e. The van der Waals surface area contributed by atoms with Gasteiger partial charge in [0.05, 0.1) is 0 Å². The van der Waals surface area contributed by atoms with Crippen LogP contribution in [0.5, 0.6) is 0 Å². The Kier molecular flexibility index (Phi) is 8.04. The molecule has 24 heavy (non-hydrogen) atoms. The molecule has 3 atom stereocenters. The Bertz CT molecular complexity index is 415. The minimum absolute atomic E-state index is 0.0886. The molecule has 1 fully saturated rings. The lowest BCUT2D eigenvalue weighted by atomic mass is 9.74. The molecule has 0 aliphatic heterocycles. The molecule has 0 aromatic rings. The zero-order chi connectivity index (χ0) is 18.3. The van der Waals surface area contributed by atoms with Crippen molar-refractivity contribution in [2.24, 2.45) is 17.8 Å². The summed E-state index contributed by atoms with van der Waals surface area (Å²) in [5, 5.41) is 5.92. The molecule has 0 spiro atoms. The quantitative estimate of drug-likeness (QED) is 0.721. The summed E-state index contributed by atoms with van der Waals surface area (Å²) in [4.78, 5) is 23.7. The van der Waals surface area contributed by atoms with Crippen LogP contribution in [0.3, 0.4) is 0 Å². The smallest absolute Gasteiger partial charge is 0.407 e. The van der Waals surface area contributed by atoms with Crippen LogP contribution in [0.25, 0.3) is 0 Å². The molecule has 0 aromatic carbocycles. The normalized spacial score (nSPS) is 24.5. The summed E-state index contributed by atoms with van der Waals surface area (Å²) in [5.74, 6) is 1.94. The van der Waals surface area contributed by atoms with Gasteiger partial charge in [0.2, 0.25) is 5.91 Å². The first kappa shape index (κ1) is 20.8. The molecule has 5 nitrogen and oxygen atoms in total. The summed E-state index contributed by atoms with van der Waals surface area (Å²) in [6.45, 7) is 12.7. The van der Waals surface area contributed by atoms with E-state index in [0.717, 1.165) is 6.42 Å². The fourth-order valence-electron chi connectivity index (χ4n) is 3.40. The van der Waals surface area contributed by atoms with Crippen LogP contribution in [-0.2, 0) is 9.53 Å². The number of carbonyl (C=O) groups excluding carboxylic acids is 2. The highest BCUT2D eigenvalue weighted by molar-refractivity contribution is 5.76. The van der Waals surface area contributed by atoms with Gasteiger partial charge in [-0.05, 0) is 57.8 Å². The topological polar surface area (TPSA) is 67.4 Å². The number of hydrogen-bond acceptors (Lipinski definition) is 3.